The van der Waals surface area contributed by atoms with E-state index in [1.165, 1.54) is 15.7 Å². The number of rotatable bonds is 5. The standard InChI is InChI=1S/C23H25N3O2/c1-16-6-4-11-20-22(16)25-15-26(23(20)28)13-12-21(27)24-14-18-9-5-8-17-7-2-3-10-19(17)18/h2-4,6-7,10-11,15,18H,5,8-9,12-14H2,1H3,(H,24,27)/t18-/m1/s1. The number of amides is 1. The first-order valence-electron chi connectivity index (χ1n) is 9.93. The number of nitrogens with one attached hydrogen (secondary N) is 1. The van der Waals surface area contributed by atoms with Gasteiger partial charge in [-0.05, 0) is 48.9 Å². The molecule has 0 fully saturated rings. The van der Waals surface area contributed by atoms with E-state index in [1.54, 1.807) is 12.4 Å². The lowest BCUT2D eigenvalue weighted by molar-refractivity contribution is -0.121. The Hall–Kier alpha value is -2.95. The van der Waals surface area contributed by atoms with Crippen LogP contribution in [-0.2, 0) is 17.8 Å². The number of carbonyl (C=O) groups excluding carboxylic acids is 1. The minimum absolute atomic E-state index is 0.0284. The minimum atomic E-state index is -0.0947. The highest BCUT2D eigenvalue weighted by atomic mass is 16.1. The number of hydrogen-bond donors (Lipinski definition) is 1. The van der Waals surface area contributed by atoms with E-state index in [-0.39, 0.29) is 17.9 Å². The zero-order chi connectivity index (χ0) is 19.5. The Morgan fingerprint density at radius 3 is 2.96 bits per heavy atom. The smallest absolute Gasteiger partial charge is 0.261 e. The van der Waals surface area contributed by atoms with Crippen molar-refractivity contribution in [2.75, 3.05) is 6.54 Å². The van der Waals surface area contributed by atoms with Gasteiger partial charge in [-0.3, -0.25) is 14.2 Å². The Bertz CT molecular complexity index is 1070. The molecule has 0 bridgehead atoms. The molecular formula is C23H25N3O2. The predicted molar refractivity (Wildman–Crippen MR) is 110 cm³/mol. The van der Waals surface area contributed by atoms with Crippen LogP contribution in [0.3, 0.4) is 0 Å². The molecule has 0 aliphatic heterocycles. The average molecular weight is 375 g/mol. The molecule has 1 N–H and O–H groups in total. The van der Waals surface area contributed by atoms with Crippen LogP contribution in [0.4, 0.5) is 0 Å². The highest BCUT2D eigenvalue weighted by Gasteiger charge is 2.20. The number of benzene rings is 2. The summed E-state index contributed by atoms with van der Waals surface area (Å²) in [5, 5.41) is 3.65. The van der Waals surface area contributed by atoms with Gasteiger partial charge in [-0.1, -0.05) is 36.4 Å². The lowest BCUT2D eigenvalue weighted by Gasteiger charge is -2.25. The van der Waals surface area contributed by atoms with Crippen LogP contribution in [0.2, 0.25) is 0 Å². The quantitative estimate of drug-likeness (QED) is 0.744. The summed E-state index contributed by atoms with van der Waals surface area (Å²) in [5.74, 6) is 0.348. The molecule has 3 aromatic rings. The zero-order valence-corrected chi connectivity index (χ0v) is 16.1. The summed E-state index contributed by atoms with van der Waals surface area (Å²) < 4.78 is 1.53. The van der Waals surface area contributed by atoms with E-state index in [1.807, 2.05) is 19.1 Å². The number of hydrogen-bond acceptors (Lipinski definition) is 3. The second-order valence-corrected chi connectivity index (χ2v) is 7.56. The van der Waals surface area contributed by atoms with Gasteiger partial charge in [-0.2, -0.15) is 0 Å². The van der Waals surface area contributed by atoms with Crippen molar-refractivity contribution < 1.29 is 4.79 Å². The summed E-state index contributed by atoms with van der Waals surface area (Å²) in [6.45, 7) is 2.93. The molecule has 2 aromatic carbocycles. The molecule has 5 nitrogen and oxygen atoms in total. The number of fused-ring (bicyclic) bond motifs is 2. The number of aromatic nitrogens is 2. The Balaban J connectivity index is 1.37. The molecule has 4 rings (SSSR count). The van der Waals surface area contributed by atoms with E-state index in [0.717, 1.165) is 30.3 Å². The first-order chi connectivity index (χ1) is 13.6. The van der Waals surface area contributed by atoms with Crippen LogP contribution in [0.1, 0.15) is 41.9 Å². The van der Waals surface area contributed by atoms with Crippen molar-refractivity contribution >= 4 is 16.8 Å². The molecule has 0 saturated carbocycles. The molecule has 1 amide bonds. The molecule has 1 aliphatic carbocycles. The Labute approximate surface area is 164 Å². The number of para-hydroxylation sites is 1. The molecule has 0 radical (unpaired) electrons. The fraction of sp³-hybridized carbons (Fsp3) is 0.348. The molecule has 0 spiro atoms. The minimum Gasteiger partial charge on any atom is -0.355 e. The second-order valence-electron chi connectivity index (χ2n) is 7.56. The van der Waals surface area contributed by atoms with Crippen molar-refractivity contribution in [3.63, 3.8) is 0 Å². The zero-order valence-electron chi connectivity index (χ0n) is 16.1. The Morgan fingerprint density at radius 2 is 2.07 bits per heavy atom. The summed E-state index contributed by atoms with van der Waals surface area (Å²) in [6, 6.07) is 14.1. The van der Waals surface area contributed by atoms with E-state index in [2.05, 4.69) is 34.6 Å². The normalized spacial score (nSPS) is 16.0. The highest BCUT2D eigenvalue weighted by Crippen LogP contribution is 2.30. The van der Waals surface area contributed by atoms with Crippen LogP contribution in [0.25, 0.3) is 10.9 Å². The van der Waals surface area contributed by atoms with Crippen molar-refractivity contribution in [3.05, 3.63) is 75.8 Å². The lowest BCUT2D eigenvalue weighted by atomic mass is 9.83. The third-order valence-corrected chi connectivity index (χ3v) is 5.67. The summed E-state index contributed by atoms with van der Waals surface area (Å²) in [6.07, 6.45) is 5.20. The first-order valence-corrected chi connectivity index (χ1v) is 9.93. The summed E-state index contributed by atoms with van der Waals surface area (Å²) in [7, 11) is 0. The Kier molecular flexibility index (Phi) is 5.24. The maximum Gasteiger partial charge on any atom is 0.261 e. The van der Waals surface area contributed by atoms with Crippen molar-refractivity contribution in [1.29, 1.82) is 0 Å². The largest absolute Gasteiger partial charge is 0.355 e. The molecule has 1 heterocycles. The molecule has 28 heavy (non-hydrogen) atoms. The number of aryl methyl sites for hydroxylation is 3. The van der Waals surface area contributed by atoms with Crippen LogP contribution >= 0.6 is 0 Å². The fourth-order valence-electron chi connectivity index (χ4n) is 4.11. The fourth-order valence-corrected chi connectivity index (χ4v) is 4.11. The summed E-state index contributed by atoms with van der Waals surface area (Å²) in [5.41, 5.74) is 4.37. The highest BCUT2D eigenvalue weighted by molar-refractivity contribution is 5.80. The van der Waals surface area contributed by atoms with Gasteiger partial charge in [0.25, 0.3) is 5.56 Å². The molecule has 1 atom stereocenters. The van der Waals surface area contributed by atoms with Crippen molar-refractivity contribution in [1.82, 2.24) is 14.9 Å². The van der Waals surface area contributed by atoms with Gasteiger partial charge in [-0.15, -0.1) is 0 Å². The molecule has 1 aromatic heterocycles. The van der Waals surface area contributed by atoms with E-state index < -0.39 is 0 Å². The molecule has 144 valence electrons. The van der Waals surface area contributed by atoms with Gasteiger partial charge >= 0.3 is 0 Å². The third kappa shape index (κ3) is 3.70. The van der Waals surface area contributed by atoms with Crippen LogP contribution in [0.15, 0.2) is 53.6 Å². The van der Waals surface area contributed by atoms with Crippen LogP contribution in [0.5, 0.6) is 0 Å². The molecule has 1 aliphatic rings. The second kappa shape index (κ2) is 7.97. The van der Waals surface area contributed by atoms with Gasteiger partial charge < -0.3 is 5.32 Å². The lowest BCUT2D eigenvalue weighted by Crippen LogP contribution is -2.31. The third-order valence-electron chi connectivity index (χ3n) is 5.67. The summed E-state index contributed by atoms with van der Waals surface area (Å²) in [4.78, 5) is 29.4. The van der Waals surface area contributed by atoms with E-state index in [4.69, 9.17) is 0 Å². The topological polar surface area (TPSA) is 64.0 Å². The van der Waals surface area contributed by atoms with E-state index >= 15 is 0 Å². The maximum absolute atomic E-state index is 12.6. The van der Waals surface area contributed by atoms with Crippen molar-refractivity contribution in [2.45, 2.75) is 45.1 Å². The molecular weight excluding hydrogens is 350 g/mol. The van der Waals surface area contributed by atoms with E-state index in [0.29, 0.717) is 24.4 Å². The Morgan fingerprint density at radius 1 is 1.21 bits per heavy atom. The molecule has 5 heteroatoms. The number of carbonyl (C=O) groups is 1. The predicted octanol–water partition coefficient (Wildman–Crippen LogP) is 3.33. The van der Waals surface area contributed by atoms with E-state index in [9.17, 15) is 9.59 Å². The van der Waals surface area contributed by atoms with Crippen LogP contribution < -0.4 is 10.9 Å². The van der Waals surface area contributed by atoms with Crippen molar-refractivity contribution in [2.24, 2.45) is 0 Å². The van der Waals surface area contributed by atoms with Gasteiger partial charge in [0.2, 0.25) is 5.91 Å². The van der Waals surface area contributed by atoms with Crippen LogP contribution in [0, 0.1) is 6.92 Å². The van der Waals surface area contributed by atoms with Gasteiger partial charge in [0.15, 0.2) is 0 Å². The summed E-state index contributed by atoms with van der Waals surface area (Å²) >= 11 is 0. The van der Waals surface area contributed by atoms with Gasteiger partial charge in [0.05, 0.1) is 17.2 Å². The molecule has 0 saturated heterocycles. The van der Waals surface area contributed by atoms with Gasteiger partial charge in [-0.25, -0.2) is 4.98 Å². The number of nitrogens with zero attached hydrogens (tertiary/aromatic N) is 2. The molecule has 0 unspecified atom stereocenters. The van der Waals surface area contributed by atoms with Gasteiger partial charge in [0, 0.05) is 25.4 Å². The first kappa shape index (κ1) is 18.4. The average Bonchev–Trinajstić information content (AvgIpc) is 2.72. The SMILES string of the molecule is Cc1cccc2c(=O)n(CCC(=O)NC[C@H]3CCCc4ccccc43)cnc12. The van der Waals surface area contributed by atoms with Gasteiger partial charge in [0.1, 0.15) is 0 Å². The monoisotopic (exact) mass is 375 g/mol. The van der Waals surface area contributed by atoms with Crippen molar-refractivity contribution in [3.8, 4) is 0 Å². The maximum atomic E-state index is 12.6. The van der Waals surface area contributed by atoms with Crippen LogP contribution in [-0.4, -0.2) is 22.0 Å².